The number of carbonyl (C=O) groups is 1. The van der Waals surface area contributed by atoms with Crippen LogP contribution in [0.1, 0.15) is 25.7 Å². The van der Waals surface area contributed by atoms with Gasteiger partial charge in [0.2, 0.25) is 5.91 Å². The summed E-state index contributed by atoms with van der Waals surface area (Å²) in [6.45, 7) is 2.91. The van der Waals surface area contributed by atoms with Crippen molar-refractivity contribution >= 4 is 34.8 Å². The lowest BCUT2D eigenvalue weighted by molar-refractivity contribution is -0.123. The van der Waals surface area contributed by atoms with Gasteiger partial charge < -0.3 is 15.5 Å². The zero-order valence-electron chi connectivity index (χ0n) is 11.4. The topological polar surface area (TPSA) is 57.3 Å². The summed E-state index contributed by atoms with van der Waals surface area (Å²) in [6, 6.07) is 0.257. The van der Waals surface area contributed by atoms with Gasteiger partial charge in [0.25, 0.3) is 0 Å². The van der Waals surface area contributed by atoms with Crippen LogP contribution in [0.5, 0.6) is 0 Å². The molecule has 0 bridgehead atoms. The second kappa shape index (κ2) is 7.24. The van der Waals surface area contributed by atoms with Crippen LogP contribution in [0.25, 0.3) is 0 Å². The Hall–Kier alpha value is -0.850. The largest absolute Gasteiger partial charge is 0.350 e. The van der Waals surface area contributed by atoms with Gasteiger partial charge in [0, 0.05) is 30.7 Å². The third-order valence-corrected chi connectivity index (χ3v) is 4.67. The van der Waals surface area contributed by atoms with Gasteiger partial charge in [0.1, 0.15) is 6.04 Å². The summed E-state index contributed by atoms with van der Waals surface area (Å²) >= 11 is 1.61. The van der Waals surface area contributed by atoms with E-state index in [1.807, 2.05) is 5.38 Å². The van der Waals surface area contributed by atoms with Gasteiger partial charge >= 0.3 is 0 Å². The number of aromatic nitrogens is 1. The Bertz CT molecular complexity index is 422. The van der Waals surface area contributed by atoms with Gasteiger partial charge in [-0.3, -0.25) is 4.79 Å². The summed E-state index contributed by atoms with van der Waals surface area (Å²) in [5.41, 5.74) is 0. The summed E-state index contributed by atoms with van der Waals surface area (Å²) in [6.07, 6.45) is 6.04. The smallest absolute Gasteiger partial charge is 0.243 e. The van der Waals surface area contributed by atoms with Crippen molar-refractivity contribution in [2.24, 2.45) is 0 Å². The van der Waals surface area contributed by atoms with Crippen LogP contribution < -0.4 is 15.5 Å². The predicted molar refractivity (Wildman–Crippen MR) is 83.8 cm³/mol. The second-order valence-electron chi connectivity index (χ2n) is 5.22. The molecule has 2 N–H and O–H groups in total. The van der Waals surface area contributed by atoms with E-state index in [4.69, 9.17) is 0 Å². The predicted octanol–water partition coefficient (Wildman–Crippen LogP) is 1.40. The number of hydrogen-bond donors (Lipinski definition) is 2. The third-order valence-electron chi connectivity index (χ3n) is 3.86. The molecule has 1 unspecified atom stereocenters. The molecule has 3 rings (SSSR count). The first-order valence-corrected chi connectivity index (χ1v) is 7.90. The molecule has 2 aliphatic heterocycles. The fraction of sp³-hybridized carbons (Fsp3) is 0.692. The highest BCUT2D eigenvalue weighted by molar-refractivity contribution is 7.13. The number of nitrogens with one attached hydrogen (secondary N) is 2. The Morgan fingerprint density at radius 1 is 1.45 bits per heavy atom. The average Bonchev–Trinajstić information content (AvgIpc) is 3.10. The fourth-order valence-electron chi connectivity index (χ4n) is 2.90. The van der Waals surface area contributed by atoms with Crippen molar-refractivity contribution in [1.82, 2.24) is 15.6 Å². The van der Waals surface area contributed by atoms with Crippen LogP contribution in [0.3, 0.4) is 0 Å². The van der Waals surface area contributed by atoms with Crippen LogP contribution in [-0.2, 0) is 4.79 Å². The molecule has 1 amide bonds. The summed E-state index contributed by atoms with van der Waals surface area (Å²) < 4.78 is 0. The fourth-order valence-corrected chi connectivity index (χ4v) is 3.62. The molecule has 1 aromatic rings. The highest BCUT2D eigenvalue weighted by Crippen LogP contribution is 2.27. The van der Waals surface area contributed by atoms with E-state index in [9.17, 15) is 4.79 Å². The Labute approximate surface area is 129 Å². The number of piperidine rings is 1. The Kier molecular flexibility index (Phi) is 5.63. The van der Waals surface area contributed by atoms with Crippen LogP contribution in [0.15, 0.2) is 11.6 Å². The van der Waals surface area contributed by atoms with Crippen LogP contribution in [-0.4, -0.2) is 42.6 Å². The lowest BCUT2D eigenvalue weighted by atomic mass is 10.1. The third kappa shape index (κ3) is 3.42. The Balaban J connectivity index is 0.00000147. The highest BCUT2D eigenvalue weighted by Gasteiger charge is 2.33. The Morgan fingerprint density at radius 2 is 2.35 bits per heavy atom. The molecule has 2 fully saturated rings. The van der Waals surface area contributed by atoms with Crippen LogP contribution >= 0.6 is 23.7 Å². The highest BCUT2D eigenvalue weighted by atomic mass is 35.5. The summed E-state index contributed by atoms with van der Waals surface area (Å²) in [7, 11) is 0. The molecule has 0 aliphatic carbocycles. The molecule has 112 valence electrons. The van der Waals surface area contributed by atoms with Crippen LogP contribution in [0, 0.1) is 0 Å². The second-order valence-corrected chi connectivity index (χ2v) is 6.09. The van der Waals surface area contributed by atoms with E-state index in [2.05, 4.69) is 20.5 Å². The summed E-state index contributed by atoms with van der Waals surface area (Å²) in [4.78, 5) is 18.9. The molecule has 20 heavy (non-hydrogen) atoms. The molecule has 0 spiro atoms. The van der Waals surface area contributed by atoms with E-state index in [1.54, 1.807) is 17.5 Å². The normalized spacial score (nSPS) is 26.1. The van der Waals surface area contributed by atoms with Crippen LogP contribution in [0.4, 0.5) is 5.13 Å². The molecule has 0 radical (unpaired) electrons. The molecule has 7 heteroatoms. The van der Waals surface area contributed by atoms with Crippen molar-refractivity contribution in [3.05, 3.63) is 11.6 Å². The maximum Gasteiger partial charge on any atom is 0.243 e. The van der Waals surface area contributed by atoms with E-state index < -0.39 is 0 Å². The first kappa shape index (κ1) is 15.5. The maximum absolute atomic E-state index is 12.4. The molecule has 2 atom stereocenters. The molecular formula is C13H21ClN4OS. The number of anilines is 1. The summed E-state index contributed by atoms with van der Waals surface area (Å²) in [5.74, 6) is 0.168. The van der Waals surface area contributed by atoms with Crippen molar-refractivity contribution in [3.63, 3.8) is 0 Å². The molecule has 1 aromatic heterocycles. The van der Waals surface area contributed by atoms with Crippen molar-refractivity contribution in [1.29, 1.82) is 0 Å². The van der Waals surface area contributed by atoms with E-state index in [0.29, 0.717) is 6.04 Å². The molecule has 2 aliphatic rings. The zero-order chi connectivity index (χ0) is 13.1. The lowest BCUT2D eigenvalue weighted by Gasteiger charge is -2.28. The van der Waals surface area contributed by atoms with Gasteiger partial charge in [0.05, 0.1) is 0 Å². The maximum atomic E-state index is 12.4. The molecule has 0 aromatic carbocycles. The average molecular weight is 317 g/mol. The standard InChI is InChI=1S/C13H20N4OS.ClH/c18-12(16-10-3-1-5-14-9-10)11-4-2-7-17(11)13-15-6-8-19-13;/h6,8,10-11,14H,1-5,7,9H2,(H,16,18);1H/t10-,11?;/m0./s1. The number of halogens is 1. The van der Waals surface area contributed by atoms with Crippen molar-refractivity contribution in [2.75, 3.05) is 24.5 Å². The Morgan fingerprint density at radius 3 is 3.05 bits per heavy atom. The molecule has 3 heterocycles. The summed E-state index contributed by atoms with van der Waals surface area (Å²) in [5, 5.41) is 9.46. The van der Waals surface area contributed by atoms with Gasteiger partial charge in [0.15, 0.2) is 5.13 Å². The minimum atomic E-state index is -0.0342. The number of carbonyl (C=O) groups excluding carboxylic acids is 1. The number of rotatable bonds is 3. The van der Waals surface area contributed by atoms with Crippen molar-refractivity contribution in [3.8, 4) is 0 Å². The van der Waals surface area contributed by atoms with E-state index in [0.717, 1.165) is 50.4 Å². The quantitative estimate of drug-likeness (QED) is 0.885. The van der Waals surface area contributed by atoms with E-state index in [1.165, 1.54) is 0 Å². The SMILES string of the molecule is Cl.O=C(N[C@H]1CCCNC1)C1CCCN1c1nccs1. The lowest BCUT2D eigenvalue weighted by Crippen LogP contribution is -2.51. The molecule has 0 saturated carbocycles. The minimum Gasteiger partial charge on any atom is -0.350 e. The number of thiazole rings is 1. The molecular weight excluding hydrogens is 296 g/mol. The van der Waals surface area contributed by atoms with Gasteiger partial charge in [-0.25, -0.2) is 4.98 Å². The number of amides is 1. The van der Waals surface area contributed by atoms with Crippen LogP contribution in [0.2, 0.25) is 0 Å². The zero-order valence-corrected chi connectivity index (χ0v) is 13.0. The van der Waals surface area contributed by atoms with Gasteiger partial charge in [-0.1, -0.05) is 0 Å². The monoisotopic (exact) mass is 316 g/mol. The molecule has 5 nitrogen and oxygen atoms in total. The van der Waals surface area contributed by atoms with Crippen molar-refractivity contribution < 1.29 is 4.79 Å². The van der Waals surface area contributed by atoms with Gasteiger partial charge in [-0.2, -0.15) is 0 Å². The van der Waals surface area contributed by atoms with Crippen molar-refractivity contribution in [2.45, 2.75) is 37.8 Å². The first-order chi connectivity index (χ1) is 9.34. The van der Waals surface area contributed by atoms with E-state index >= 15 is 0 Å². The van der Waals surface area contributed by atoms with Gasteiger partial charge in [-0.05, 0) is 32.2 Å². The first-order valence-electron chi connectivity index (χ1n) is 7.02. The molecule has 2 saturated heterocycles. The van der Waals surface area contributed by atoms with E-state index in [-0.39, 0.29) is 24.4 Å². The number of nitrogens with zero attached hydrogens (tertiary/aromatic N) is 2. The van der Waals surface area contributed by atoms with Gasteiger partial charge in [-0.15, -0.1) is 23.7 Å². The number of hydrogen-bond acceptors (Lipinski definition) is 5. The minimum absolute atomic E-state index is 0.